The number of hydrogen-bond acceptors (Lipinski definition) is 3. The Labute approximate surface area is 227 Å². The molecule has 0 heterocycles. The van der Waals surface area contributed by atoms with Crippen LogP contribution in [0.1, 0.15) is 70.3 Å². The molecule has 7 heteroatoms. The SMILES string of the molecule is CCC(=O)[C@@]1(C#CC(F)(F)F)CC[C@H]2[C@@H]3CC(F)C4=CC(=O)CCC4=C3[C@@H](c3ccc(N(C)C)cc3)C[C@@]21C. The summed E-state index contributed by atoms with van der Waals surface area (Å²) >= 11 is 0. The monoisotopic (exact) mass is 541 g/mol. The van der Waals surface area contributed by atoms with Crippen LogP contribution in [0.25, 0.3) is 0 Å². The van der Waals surface area contributed by atoms with Crippen molar-refractivity contribution in [2.45, 2.75) is 77.1 Å². The van der Waals surface area contributed by atoms with Crippen molar-refractivity contribution in [3.8, 4) is 11.8 Å². The highest BCUT2D eigenvalue weighted by atomic mass is 19.4. The van der Waals surface area contributed by atoms with Gasteiger partial charge in [0.15, 0.2) is 11.6 Å². The zero-order valence-electron chi connectivity index (χ0n) is 22.9. The van der Waals surface area contributed by atoms with Crippen LogP contribution in [-0.2, 0) is 9.59 Å². The van der Waals surface area contributed by atoms with Gasteiger partial charge in [-0.1, -0.05) is 37.5 Å². The summed E-state index contributed by atoms with van der Waals surface area (Å²) in [4.78, 5) is 27.8. The predicted octanol–water partition coefficient (Wildman–Crippen LogP) is 7.13. The van der Waals surface area contributed by atoms with E-state index in [1.54, 1.807) is 6.92 Å². The highest BCUT2D eigenvalue weighted by Crippen LogP contribution is 2.70. The fraction of sp³-hybridized carbons (Fsp3) is 0.562. The Hall–Kier alpha value is -2.88. The molecule has 0 radical (unpaired) electrons. The van der Waals surface area contributed by atoms with E-state index in [-0.39, 0.29) is 48.6 Å². The topological polar surface area (TPSA) is 37.4 Å². The van der Waals surface area contributed by atoms with E-state index in [1.807, 2.05) is 50.2 Å². The highest BCUT2D eigenvalue weighted by Gasteiger charge is 2.65. The van der Waals surface area contributed by atoms with Crippen molar-refractivity contribution < 1.29 is 27.2 Å². The molecule has 4 aliphatic carbocycles. The van der Waals surface area contributed by atoms with Gasteiger partial charge in [-0.2, -0.15) is 13.2 Å². The van der Waals surface area contributed by atoms with Crippen LogP contribution in [0.5, 0.6) is 0 Å². The lowest BCUT2D eigenvalue weighted by molar-refractivity contribution is -0.132. The van der Waals surface area contributed by atoms with E-state index in [9.17, 15) is 22.8 Å². The quantitative estimate of drug-likeness (QED) is 0.301. The van der Waals surface area contributed by atoms with Crippen LogP contribution in [0.15, 0.2) is 47.1 Å². The first kappa shape index (κ1) is 27.7. The van der Waals surface area contributed by atoms with Gasteiger partial charge in [-0.25, -0.2) is 4.39 Å². The molecule has 1 aromatic carbocycles. The van der Waals surface area contributed by atoms with E-state index in [1.165, 1.54) is 12.0 Å². The van der Waals surface area contributed by atoms with Crippen molar-refractivity contribution >= 4 is 17.3 Å². The Balaban J connectivity index is 1.72. The van der Waals surface area contributed by atoms with E-state index in [2.05, 4.69) is 5.92 Å². The Bertz CT molecular complexity index is 1310. The summed E-state index contributed by atoms with van der Waals surface area (Å²) in [6, 6.07) is 8.09. The zero-order valence-corrected chi connectivity index (χ0v) is 22.9. The van der Waals surface area contributed by atoms with Crippen LogP contribution in [-0.4, -0.2) is 38.0 Å². The van der Waals surface area contributed by atoms with Crippen molar-refractivity contribution in [2.75, 3.05) is 19.0 Å². The second-order valence-electron chi connectivity index (χ2n) is 12.0. The van der Waals surface area contributed by atoms with Gasteiger partial charge in [0.1, 0.15) is 6.17 Å². The molecule has 0 saturated heterocycles. The molecule has 6 atom stereocenters. The summed E-state index contributed by atoms with van der Waals surface area (Å²) < 4.78 is 55.9. The summed E-state index contributed by atoms with van der Waals surface area (Å²) in [7, 11) is 3.89. The number of nitrogens with zero attached hydrogens (tertiary/aromatic N) is 1. The van der Waals surface area contributed by atoms with Crippen LogP contribution in [0.4, 0.5) is 23.2 Å². The number of hydrogen-bond donors (Lipinski definition) is 0. The third-order valence-electron chi connectivity index (χ3n) is 9.97. The molecule has 0 aromatic heterocycles. The smallest absolute Gasteiger partial charge is 0.378 e. The molecule has 0 spiro atoms. The number of halogens is 4. The van der Waals surface area contributed by atoms with E-state index in [4.69, 9.17) is 0 Å². The number of alkyl halides is 4. The Morgan fingerprint density at radius 3 is 2.46 bits per heavy atom. The number of carbonyl (C=O) groups is 2. The van der Waals surface area contributed by atoms with Gasteiger partial charge in [0.2, 0.25) is 0 Å². The molecule has 0 aliphatic heterocycles. The average molecular weight is 542 g/mol. The molecular formula is C32H35F4NO2. The molecular weight excluding hydrogens is 506 g/mol. The van der Waals surface area contributed by atoms with Crippen molar-refractivity contribution in [2.24, 2.45) is 22.7 Å². The minimum atomic E-state index is -4.71. The van der Waals surface area contributed by atoms with Gasteiger partial charge >= 0.3 is 6.18 Å². The summed E-state index contributed by atoms with van der Waals surface area (Å²) in [6.07, 6.45) is -2.28. The lowest BCUT2D eigenvalue weighted by Gasteiger charge is -2.55. The number of allylic oxidation sites excluding steroid dienone is 4. The summed E-state index contributed by atoms with van der Waals surface area (Å²) in [5, 5.41) is 0. The molecule has 1 unspecified atom stereocenters. The first-order valence-electron chi connectivity index (χ1n) is 13.8. The summed E-state index contributed by atoms with van der Waals surface area (Å²) in [6.45, 7) is 3.60. The van der Waals surface area contributed by atoms with Gasteiger partial charge in [0.25, 0.3) is 0 Å². The van der Waals surface area contributed by atoms with Gasteiger partial charge < -0.3 is 4.90 Å². The molecule has 0 N–H and O–H groups in total. The third-order valence-corrected chi connectivity index (χ3v) is 9.97. The average Bonchev–Trinajstić information content (AvgIpc) is 3.19. The highest BCUT2D eigenvalue weighted by molar-refractivity contribution is 5.93. The normalized spacial score (nSPS) is 33.8. The lowest BCUT2D eigenvalue weighted by Crippen LogP contribution is -2.51. The van der Waals surface area contributed by atoms with Crippen LogP contribution >= 0.6 is 0 Å². The molecule has 4 aliphatic rings. The molecule has 0 amide bonds. The number of rotatable bonds is 4. The van der Waals surface area contributed by atoms with Crippen LogP contribution in [0.3, 0.4) is 0 Å². The standard InChI is InChI=1S/C32H35F4NO2/c1-5-28(39)31(14-15-32(34,35)36)13-12-26-24-17-27(33)23-16-21(38)10-11-22(23)29(24)25(18-30(26,31)2)19-6-8-20(9-7-19)37(3)4/h6-9,16,24-27H,5,10-13,17-18H2,1-4H3/t24-,25+,26-,27?,30-,31-/m0/s1. The van der Waals surface area contributed by atoms with Crippen molar-refractivity contribution in [1.82, 2.24) is 0 Å². The number of anilines is 1. The third kappa shape index (κ3) is 4.44. The summed E-state index contributed by atoms with van der Waals surface area (Å²) in [5.41, 5.74) is 2.20. The van der Waals surface area contributed by atoms with E-state index in [0.29, 0.717) is 31.3 Å². The maximum Gasteiger partial charge on any atom is 0.457 e. The van der Waals surface area contributed by atoms with Gasteiger partial charge in [0, 0.05) is 44.5 Å². The zero-order chi connectivity index (χ0) is 28.3. The number of benzene rings is 1. The van der Waals surface area contributed by atoms with Gasteiger partial charge in [-0.15, -0.1) is 0 Å². The molecule has 5 rings (SSSR count). The fourth-order valence-corrected chi connectivity index (χ4v) is 8.18. The Kier molecular flexibility index (Phi) is 6.84. The number of Topliss-reactive ketones (excluding diaryl/α,β-unsaturated/α-hetero) is 1. The fourth-order valence-electron chi connectivity index (χ4n) is 8.18. The number of fused-ring (bicyclic) bond motifs is 4. The maximum absolute atomic E-state index is 15.7. The molecule has 208 valence electrons. The van der Waals surface area contributed by atoms with E-state index >= 15 is 4.39 Å². The molecule has 3 nitrogen and oxygen atoms in total. The van der Waals surface area contributed by atoms with Crippen molar-refractivity contribution in [1.29, 1.82) is 0 Å². The van der Waals surface area contributed by atoms with Crippen LogP contribution < -0.4 is 4.90 Å². The predicted molar refractivity (Wildman–Crippen MR) is 143 cm³/mol. The van der Waals surface area contributed by atoms with Crippen LogP contribution in [0, 0.1) is 34.5 Å². The maximum atomic E-state index is 15.7. The second-order valence-corrected chi connectivity index (χ2v) is 12.0. The van der Waals surface area contributed by atoms with E-state index in [0.717, 1.165) is 22.4 Å². The summed E-state index contributed by atoms with van der Waals surface area (Å²) in [5.74, 6) is 3.03. The number of ketones is 2. The number of carbonyl (C=O) groups excluding carboxylic acids is 2. The first-order valence-corrected chi connectivity index (χ1v) is 13.8. The molecule has 1 aromatic rings. The van der Waals surface area contributed by atoms with Gasteiger partial charge in [-0.05, 0) is 84.3 Å². The van der Waals surface area contributed by atoms with E-state index < -0.39 is 23.2 Å². The largest absolute Gasteiger partial charge is 0.457 e. The minimum Gasteiger partial charge on any atom is -0.378 e. The van der Waals surface area contributed by atoms with Gasteiger partial charge in [0.05, 0.1) is 5.41 Å². The molecule has 39 heavy (non-hydrogen) atoms. The first-order chi connectivity index (χ1) is 18.3. The Morgan fingerprint density at radius 2 is 1.85 bits per heavy atom. The molecule has 2 saturated carbocycles. The van der Waals surface area contributed by atoms with Crippen molar-refractivity contribution in [3.63, 3.8) is 0 Å². The lowest BCUT2D eigenvalue weighted by atomic mass is 9.48. The minimum absolute atomic E-state index is 0.0705. The molecule has 0 bridgehead atoms. The van der Waals surface area contributed by atoms with Gasteiger partial charge in [-0.3, -0.25) is 9.59 Å². The van der Waals surface area contributed by atoms with Crippen molar-refractivity contribution in [3.05, 3.63) is 52.6 Å². The second kappa shape index (κ2) is 9.64. The van der Waals surface area contributed by atoms with Crippen LogP contribution in [0.2, 0.25) is 0 Å². The Morgan fingerprint density at radius 1 is 1.15 bits per heavy atom. The molecule has 2 fully saturated rings.